The fourth-order valence-corrected chi connectivity index (χ4v) is 4.58. The number of carbonyl (C=O) groups excluding carboxylic acids is 2. The van der Waals surface area contributed by atoms with Crippen LogP contribution in [0.4, 0.5) is 0 Å². The van der Waals surface area contributed by atoms with E-state index in [0.717, 1.165) is 50.3 Å². The van der Waals surface area contributed by atoms with Crippen LogP contribution in [0.2, 0.25) is 0 Å². The third-order valence-electron chi connectivity index (χ3n) is 5.09. The van der Waals surface area contributed by atoms with Gasteiger partial charge in [0, 0.05) is 44.1 Å². The second-order valence-electron chi connectivity index (χ2n) is 6.70. The second kappa shape index (κ2) is 7.66. The Bertz CT molecular complexity index is 599. The van der Waals surface area contributed by atoms with E-state index in [1.807, 2.05) is 15.9 Å². The van der Waals surface area contributed by atoms with Crippen molar-refractivity contribution < 1.29 is 9.59 Å². The van der Waals surface area contributed by atoms with Gasteiger partial charge in [0.05, 0.1) is 11.4 Å². The Morgan fingerprint density at radius 3 is 2.29 bits per heavy atom. The molecule has 132 valence electrons. The predicted molar refractivity (Wildman–Crippen MR) is 96.6 cm³/mol. The van der Waals surface area contributed by atoms with Crippen molar-refractivity contribution in [3.63, 3.8) is 0 Å². The third-order valence-corrected chi connectivity index (χ3v) is 6.17. The van der Waals surface area contributed by atoms with Gasteiger partial charge in [0.2, 0.25) is 5.91 Å². The van der Waals surface area contributed by atoms with Gasteiger partial charge in [0.25, 0.3) is 5.91 Å². The molecule has 3 rings (SSSR count). The van der Waals surface area contributed by atoms with Crippen molar-refractivity contribution in [3.05, 3.63) is 21.4 Å². The molecule has 2 aliphatic rings. The summed E-state index contributed by atoms with van der Waals surface area (Å²) in [7, 11) is 0. The van der Waals surface area contributed by atoms with Crippen molar-refractivity contribution >= 4 is 23.2 Å². The van der Waals surface area contributed by atoms with Crippen LogP contribution in [0.25, 0.3) is 0 Å². The fraction of sp³-hybridized carbons (Fsp3) is 0.667. The van der Waals surface area contributed by atoms with E-state index in [-0.39, 0.29) is 11.8 Å². The van der Waals surface area contributed by atoms with Crippen LogP contribution in [-0.2, 0) is 11.2 Å². The molecule has 0 aromatic carbocycles. The van der Waals surface area contributed by atoms with Gasteiger partial charge in [-0.15, -0.1) is 11.3 Å². The Kier molecular flexibility index (Phi) is 5.56. The molecule has 2 aliphatic heterocycles. The summed E-state index contributed by atoms with van der Waals surface area (Å²) in [5.74, 6) is 0.391. The Balaban J connectivity index is 1.50. The first-order valence-electron chi connectivity index (χ1n) is 8.97. The topological polar surface area (TPSA) is 43.9 Å². The van der Waals surface area contributed by atoms with Crippen LogP contribution in [-0.4, -0.2) is 72.3 Å². The molecule has 0 spiro atoms. The molecule has 0 atom stereocenters. The second-order valence-corrected chi connectivity index (χ2v) is 7.96. The van der Waals surface area contributed by atoms with Gasteiger partial charge in [0.15, 0.2) is 0 Å². The molecule has 0 N–H and O–H groups in total. The maximum atomic E-state index is 12.7. The number of rotatable bonds is 4. The van der Waals surface area contributed by atoms with Crippen LogP contribution in [0.5, 0.6) is 0 Å². The monoisotopic (exact) mass is 349 g/mol. The van der Waals surface area contributed by atoms with Gasteiger partial charge in [-0.25, -0.2) is 0 Å². The average Bonchev–Trinajstić information content (AvgIpc) is 3.24. The molecule has 5 nitrogen and oxygen atoms in total. The predicted octanol–water partition coefficient (Wildman–Crippen LogP) is 2.00. The van der Waals surface area contributed by atoms with E-state index in [1.54, 1.807) is 11.3 Å². The van der Waals surface area contributed by atoms with Crippen LogP contribution in [0.3, 0.4) is 0 Å². The highest BCUT2D eigenvalue weighted by Crippen LogP contribution is 2.24. The highest BCUT2D eigenvalue weighted by atomic mass is 32.1. The maximum absolute atomic E-state index is 12.7. The van der Waals surface area contributed by atoms with E-state index in [2.05, 4.69) is 18.7 Å². The van der Waals surface area contributed by atoms with E-state index in [1.165, 1.54) is 10.4 Å². The smallest absolute Gasteiger partial charge is 0.264 e. The molecular weight excluding hydrogens is 322 g/mol. The third kappa shape index (κ3) is 3.81. The minimum atomic E-state index is 0.147. The SMILES string of the molecule is CCc1cc(C(=O)N2CCN(CC(=O)N3CCCC3)CC2)sc1C. The molecular formula is C18H27N3O2S. The Hall–Kier alpha value is -1.40. The minimum absolute atomic E-state index is 0.147. The number of hydrogen-bond acceptors (Lipinski definition) is 4. The Labute approximate surface area is 148 Å². The van der Waals surface area contributed by atoms with Gasteiger partial charge in [0.1, 0.15) is 0 Å². The first kappa shape index (κ1) is 17.4. The van der Waals surface area contributed by atoms with Gasteiger partial charge in [-0.3, -0.25) is 14.5 Å². The molecule has 0 saturated carbocycles. The first-order valence-corrected chi connectivity index (χ1v) is 9.79. The standard InChI is InChI=1S/C18H27N3O2S/c1-3-15-12-16(24-14(15)2)18(23)21-10-8-19(9-11-21)13-17(22)20-6-4-5-7-20/h12H,3-11,13H2,1-2H3. The molecule has 0 bridgehead atoms. The molecule has 0 unspecified atom stereocenters. The summed E-state index contributed by atoms with van der Waals surface area (Å²) in [6, 6.07) is 2.05. The quantitative estimate of drug-likeness (QED) is 0.835. The van der Waals surface area contributed by atoms with E-state index in [9.17, 15) is 9.59 Å². The van der Waals surface area contributed by atoms with Crippen molar-refractivity contribution in [1.82, 2.24) is 14.7 Å². The van der Waals surface area contributed by atoms with E-state index in [4.69, 9.17) is 0 Å². The zero-order valence-corrected chi connectivity index (χ0v) is 15.5. The normalized spacial score (nSPS) is 19.1. The molecule has 2 amide bonds. The zero-order valence-electron chi connectivity index (χ0n) is 14.7. The molecule has 1 aromatic rings. The largest absolute Gasteiger partial charge is 0.342 e. The molecule has 24 heavy (non-hydrogen) atoms. The summed E-state index contributed by atoms with van der Waals surface area (Å²) in [5, 5.41) is 0. The number of amides is 2. The number of piperazine rings is 1. The molecule has 1 aromatic heterocycles. The van der Waals surface area contributed by atoms with Crippen LogP contribution >= 0.6 is 11.3 Å². The number of likely N-dealkylation sites (tertiary alicyclic amines) is 1. The fourth-order valence-electron chi connectivity index (χ4n) is 3.50. The summed E-state index contributed by atoms with van der Waals surface area (Å²) < 4.78 is 0. The highest BCUT2D eigenvalue weighted by molar-refractivity contribution is 7.14. The minimum Gasteiger partial charge on any atom is -0.342 e. The first-order chi connectivity index (χ1) is 11.6. The van der Waals surface area contributed by atoms with Crippen molar-refractivity contribution in [2.75, 3.05) is 45.8 Å². The number of hydrogen-bond donors (Lipinski definition) is 0. The molecule has 0 aliphatic carbocycles. The van der Waals surface area contributed by atoms with E-state index in [0.29, 0.717) is 19.6 Å². The molecule has 3 heterocycles. The number of aryl methyl sites for hydroxylation is 2. The van der Waals surface area contributed by atoms with E-state index >= 15 is 0 Å². The summed E-state index contributed by atoms with van der Waals surface area (Å²) in [6.07, 6.45) is 3.24. The van der Waals surface area contributed by atoms with Crippen LogP contribution in [0, 0.1) is 6.92 Å². The van der Waals surface area contributed by atoms with Crippen molar-refractivity contribution in [2.24, 2.45) is 0 Å². The average molecular weight is 350 g/mol. The highest BCUT2D eigenvalue weighted by Gasteiger charge is 2.26. The van der Waals surface area contributed by atoms with Crippen LogP contribution in [0.1, 0.15) is 39.9 Å². The van der Waals surface area contributed by atoms with Gasteiger partial charge in [-0.2, -0.15) is 0 Å². The Morgan fingerprint density at radius 2 is 1.71 bits per heavy atom. The number of thiophene rings is 1. The van der Waals surface area contributed by atoms with Gasteiger partial charge in [-0.05, 0) is 37.8 Å². The van der Waals surface area contributed by atoms with Crippen LogP contribution in [0.15, 0.2) is 6.07 Å². The van der Waals surface area contributed by atoms with Gasteiger partial charge in [-0.1, -0.05) is 6.92 Å². The zero-order chi connectivity index (χ0) is 17.1. The van der Waals surface area contributed by atoms with Crippen molar-refractivity contribution in [3.8, 4) is 0 Å². The molecule has 6 heteroatoms. The lowest BCUT2D eigenvalue weighted by Crippen LogP contribution is -2.51. The van der Waals surface area contributed by atoms with Crippen molar-refractivity contribution in [2.45, 2.75) is 33.1 Å². The Morgan fingerprint density at radius 1 is 1.04 bits per heavy atom. The maximum Gasteiger partial charge on any atom is 0.264 e. The van der Waals surface area contributed by atoms with Crippen LogP contribution < -0.4 is 0 Å². The summed E-state index contributed by atoms with van der Waals surface area (Å²) >= 11 is 1.60. The summed E-state index contributed by atoms with van der Waals surface area (Å²) in [6.45, 7) is 9.53. The summed E-state index contributed by atoms with van der Waals surface area (Å²) in [4.78, 5) is 33.1. The number of nitrogens with zero attached hydrogens (tertiary/aromatic N) is 3. The lowest BCUT2D eigenvalue weighted by molar-refractivity contribution is -0.131. The lowest BCUT2D eigenvalue weighted by Gasteiger charge is -2.34. The molecule has 2 saturated heterocycles. The lowest BCUT2D eigenvalue weighted by atomic mass is 10.2. The van der Waals surface area contributed by atoms with Gasteiger partial charge < -0.3 is 9.80 Å². The summed E-state index contributed by atoms with van der Waals surface area (Å²) in [5.41, 5.74) is 1.28. The molecule has 0 radical (unpaired) electrons. The number of carbonyl (C=O) groups is 2. The van der Waals surface area contributed by atoms with Gasteiger partial charge >= 0.3 is 0 Å². The van der Waals surface area contributed by atoms with E-state index < -0.39 is 0 Å². The van der Waals surface area contributed by atoms with Crippen molar-refractivity contribution in [1.29, 1.82) is 0 Å². The molecule has 2 fully saturated rings.